The van der Waals surface area contributed by atoms with Gasteiger partial charge in [0.25, 0.3) is 5.91 Å². The van der Waals surface area contributed by atoms with Gasteiger partial charge in [-0.25, -0.2) is 4.98 Å². The fourth-order valence-electron chi connectivity index (χ4n) is 2.88. The van der Waals surface area contributed by atoms with Crippen LogP contribution in [0, 0.1) is 0 Å². The van der Waals surface area contributed by atoms with E-state index in [1.54, 1.807) is 0 Å². The van der Waals surface area contributed by atoms with E-state index in [4.69, 9.17) is 4.42 Å². The molecule has 1 saturated heterocycles. The summed E-state index contributed by atoms with van der Waals surface area (Å²) < 4.78 is 5.78. The molecule has 0 spiro atoms. The van der Waals surface area contributed by atoms with Gasteiger partial charge in [0.05, 0.1) is 0 Å². The Kier molecular flexibility index (Phi) is 3.15. The summed E-state index contributed by atoms with van der Waals surface area (Å²) in [4.78, 5) is 18.9. The molecule has 0 bridgehead atoms. The van der Waals surface area contributed by atoms with Crippen LogP contribution in [0.2, 0.25) is 0 Å². The Hall–Kier alpha value is -2.62. The number of benzene rings is 2. The fraction of sp³-hybridized carbons (Fsp3) is 0.222. The van der Waals surface area contributed by atoms with E-state index in [0.717, 1.165) is 42.6 Å². The third kappa shape index (κ3) is 2.26. The maximum absolute atomic E-state index is 12.5. The van der Waals surface area contributed by atoms with Gasteiger partial charge in [-0.1, -0.05) is 18.2 Å². The Balaban J connectivity index is 1.70. The molecule has 0 atom stereocenters. The predicted octanol–water partition coefficient (Wildman–Crippen LogP) is 3.73. The molecule has 1 aromatic heterocycles. The van der Waals surface area contributed by atoms with Crippen LogP contribution in [0.1, 0.15) is 23.2 Å². The van der Waals surface area contributed by atoms with Crippen molar-refractivity contribution in [1.82, 2.24) is 9.88 Å². The molecule has 1 aliphatic rings. The lowest BCUT2D eigenvalue weighted by Gasteiger charge is -2.15. The van der Waals surface area contributed by atoms with Crippen LogP contribution < -0.4 is 0 Å². The van der Waals surface area contributed by atoms with Gasteiger partial charge >= 0.3 is 0 Å². The number of amides is 1. The number of para-hydroxylation sites is 2. The monoisotopic (exact) mass is 292 g/mol. The smallest absolute Gasteiger partial charge is 0.253 e. The molecule has 1 aliphatic heterocycles. The summed E-state index contributed by atoms with van der Waals surface area (Å²) in [6.07, 6.45) is 2.19. The van der Waals surface area contributed by atoms with Gasteiger partial charge in [-0.3, -0.25) is 4.79 Å². The Morgan fingerprint density at radius 3 is 2.68 bits per heavy atom. The molecule has 4 rings (SSSR count). The van der Waals surface area contributed by atoms with E-state index < -0.39 is 0 Å². The maximum Gasteiger partial charge on any atom is 0.253 e. The highest BCUT2D eigenvalue weighted by molar-refractivity contribution is 5.95. The zero-order valence-corrected chi connectivity index (χ0v) is 12.2. The van der Waals surface area contributed by atoms with Crippen LogP contribution >= 0.6 is 0 Å². The molecule has 0 saturated carbocycles. The second-order valence-electron chi connectivity index (χ2n) is 5.57. The molecule has 2 aromatic carbocycles. The van der Waals surface area contributed by atoms with Gasteiger partial charge in [0, 0.05) is 24.2 Å². The second-order valence-corrected chi connectivity index (χ2v) is 5.57. The zero-order valence-electron chi connectivity index (χ0n) is 12.2. The molecular weight excluding hydrogens is 276 g/mol. The number of nitrogens with zero attached hydrogens (tertiary/aromatic N) is 2. The van der Waals surface area contributed by atoms with Crippen molar-refractivity contribution in [2.24, 2.45) is 0 Å². The van der Waals surface area contributed by atoms with Gasteiger partial charge in [-0.15, -0.1) is 0 Å². The van der Waals surface area contributed by atoms with Crippen LogP contribution in [0.15, 0.2) is 52.9 Å². The summed E-state index contributed by atoms with van der Waals surface area (Å²) in [6.45, 7) is 1.71. The first-order valence-electron chi connectivity index (χ1n) is 7.56. The van der Waals surface area contributed by atoms with Crippen LogP contribution in [-0.2, 0) is 0 Å². The topological polar surface area (TPSA) is 46.3 Å². The van der Waals surface area contributed by atoms with Gasteiger partial charge in [-0.05, 0) is 43.2 Å². The Bertz CT molecular complexity index is 799. The van der Waals surface area contributed by atoms with Gasteiger partial charge in [0.15, 0.2) is 5.58 Å². The van der Waals surface area contributed by atoms with Crippen molar-refractivity contribution < 1.29 is 9.21 Å². The average molecular weight is 292 g/mol. The number of aromatic nitrogens is 1. The lowest BCUT2D eigenvalue weighted by atomic mass is 10.1. The summed E-state index contributed by atoms with van der Waals surface area (Å²) in [5.41, 5.74) is 3.12. The van der Waals surface area contributed by atoms with Gasteiger partial charge in [0.1, 0.15) is 5.52 Å². The van der Waals surface area contributed by atoms with E-state index in [9.17, 15) is 4.79 Å². The summed E-state index contributed by atoms with van der Waals surface area (Å²) >= 11 is 0. The molecule has 0 radical (unpaired) electrons. The first-order valence-corrected chi connectivity index (χ1v) is 7.56. The van der Waals surface area contributed by atoms with Crippen LogP contribution in [0.3, 0.4) is 0 Å². The lowest BCUT2D eigenvalue weighted by molar-refractivity contribution is 0.0793. The largest absolute Gasteiger partial charge is 0.436 e. The summed E-state index contributed by atoms with van der Waals surface area (Å²) in [7, 11) is 0. The quantitative estimate of drug-likeness (QED) is 0.723. The molecule has 0 unspecified atom stereocenters. The molecule has 22 heavy (non-hydrogen) atoms. The normalized spacial score (nSPS) is 14.6. The van der Waals surface area contributed by atoms with E-state index in [-0.39, 0.29) is 5.91 Å². The summed E-state index contributed by atoms with van der Waals surface area (Å²) in [5.74, 6) is 0.646. The zero-order chi connectivity index (χ0) is 14.9. The second kappa shape index (κ2) is 5.30. The van der Waals surface area contributed by atoms with E-state index in [0.29, 0.717) is 11.5 Å². The van der Waals surface area contributed by atoms with E-state index in [2.05, 4.69) is 4.98 Å². The minimum Gasteiger partial charge on any atom is -0.436 e. The standard InChI is InChI=1S/C18H16N2O2/c21-18(20-10-3-4-11-20)14-7-5-6-13(12-14)17-19-15-8-1-2-9-16(15)22-17/h1-2,5-9,12H,3-4,10-11H2. The molecule has 3 aromatic rings. The van der Waals surface area contributed by atoms with Crippen LogP contribution in [0.25, 0.3) is 22.6 Å². The Morgan fingerprint density at radius 1 is 1.05 bits per heavy atom. The summed E-state index contributed by atoms with van der Waals surface area (Å²) in [5, 5.41) is 0. The number of carbonyl (C=O) groups is 1. The Labute approximate surface area is 128 Å². The number of oxazole rings is 1. The Morgan fingerprint density at radius 2 is 1.86 bits per heavy atom. The van der Waals surface area contributed by atoms with Crippen molar-refractivity contribution in [2.75, 3.05) is 13.1 Å². The summed E-state index contributed by atoms with van der Waals surface area (Å²) in [6, 6.07) is 15.2. The van der Waals surface area contributed by atoms with E-state index in [1.165, 1.54) is 0 Å². The van der Waals surface area contributed by atoms with Crippen LogP contribution in [0.4, 0.5) is 0 Å². The third-order valence-electron chi connectivity index (χ3n) is 4.04. The first-order chi connectivity index (χ1) is 10.8. The molecular formula is C18H16N2O2. The maximum atomic E-state index is 12.5. The SMILES string of the molecule is O=C(c1cccc(-c2nc3ccccc3o2)c1)N1CCCC1. The first kappa shape index (κ1) is 13.1. The average Bonchev–Trinajstić information content (AvgIpc) is 3.23. The van der Waals surface area contributed by atoms with Crippen molar-refractivity contribution in [3.8, 4) is 11.5 Å². The minimum absolute atomic E-state index is 0.0930. The van der Waals surface area contributed by atoms with Crippen molar-refractivity contribution in [3.05, 3.63) is 54.1 Å². The molecule has 2 heterocycles. The van der Waals surface area contributed by atoms with Gasteiger partial charge < -0.3 is 9.32 Å². The van der Waals surface area contributed by atoms with Crippen molar-refractivity contribution in [3.63, 3.8) is 0 Å². The van der Waals surface area contributed by atoms with Crippen molar-refractivity contribution in [1.29, 1.82) is 0 Å². The van der Waals surface area contributed by atoms with Crippen molar-refractivity contribution >= 4 is 17.0 Å². The minimum atomic E-state index is 0.0930. The molecule has 110 valence electrons. The van der Waals surface area contributed by atoms with Gasteiger partial charge in [0.2, 0.25) is 5.89 Å². The van der Waals surface area contributed by atoms with E-state index in [1.807, 2.05) is 53.4 Å². The number of rotatable bonds is 2. The third-order valence-corrected chi connectivity index (χ3v) is 4.04. The number of hydrogen-bond donors (Lipinski definition) is 0. The number of carbonyl (C=O) groups excluding carboxylic acids is 1. The number of likely N-dealkylation sites (tertiary alicyclic amines) is 1. The molecule has 0 aliphatic carbocycles. The van der Waals surface area contributed by atoms with Crippen LogP contribution in [0.5, 0.6) is 0 Å². The highest BCUT2D eigenvalue weighted by Gasteiger charge is 2.20. The van der Waals surface area contributed by atoms with Crippen LogP contribution in [-0.4, -0.2) is 28.9 Å². The number of fused-ring (bicyclic) bond motifs is 1. The van der Waals surface area contributed by atoms with Crippen molar-refractivity contribution in [2.45, 2.75) is 12.8 Å². The fourth-order valence-corrected chi connectivity index (χ4v) is 2.88. The molecule has 4 nitrogen and oxygen atoms in total. The highest BCUT2D eigenvalue weighted by atomic mass is 16.3. The lowest BCUT2D eigenvalue weighted by Crippen LogP contribution is -2.27. The molecule has 1 amide bonds. The number of hydrogen-bond acceptors (Lipinski definition) is 3. The molecule has 1 fully saturated rings. The highest BCUT2D eigenvalue weighted by Crippen LogP contribution is 2.25. The van der Waals surface area contributed by atoms with E-state index >= 15 is 0 Å². The molecule has 4 heteroatoms. The van der Waals surface area contributed by atoms with Gasteiger partial charge in [-0.2, -0.15) is 0 Å². The molecule has 0 N–H and O–H groups in total. The predicted molar refractivity (Wildman–Crippen MR) is 84.6 cm³/mol.